The molecule has 0 saturated carbocycles. The summed E-state index contributed by atoms with van der Waals surface area (Å²) in [6, 6.07) is 23.8. The van der Waals surface area contributed by atoms with Crippen LogP contribution in [0.4, 0.5) is 0 Å². The quantitative estimate of drug-likeness (QED) is 0.554. The van der Waals surface area contributed by atoms with E-state index in [1.54, 1.807) is 0 Å². The zero-order chi connectivity index (χ0) is 18.4. The van der Waals surface area contributed by atoms with Gasteiger partial charge in [0.05, 0.1) is 0 Å². The van der Waals surface area contributed by atoms with Gasteiger partial charge >= 0.3 is 0 Å². The lowest BCUT2D eigenvalue weighted by Crippen LogP contribution is -2.22. The Hall–Kier alpha value is -2.36. The Balaban J connectivity index is 1.60. The number of rotatable bonds is 6. The van der Waals surface area contributed by atoms with E-state index in [9.17, 15) is 0 Å². The van der Waals surface area contributed by atoms with Gasteiger partial charge in [-0.25, -0.2) is 0 Å². The lowest BCUT2D eigenvalue weighted by molar-refractivity contribution is 0.306. The standard InChI is InChI=1S/C22H20ClNOS/c1-16-5-2-3-6-19(16)14-24-22(26)18-7-4-8-21(13-18)25-15-17-9-11-20(23)12-10-17/h2-13H,14-15H2,1H3,(H,24,26). The number of aryl methyl sites for hydroxylation is 1. The van der Waals surface area contributed by atoms with Crippen molar-refractivity contribution in [3.05, 3.63) is 100 Å². The highest BCUT2D eigenvalue weighted by molar-refractivity contribution is 7.80. The van der Waals surface area contributed by atoms with Gasteiger partial charge in [0.25, 0.3) is 0 Å². The number of thiocarbonyl (C=S) groups is 1. The monoisotopic (exact) mass is 381 g/mol. The molecule has 0 amide bonds. The first-order chi connectivity index (χ1) is 12.6. The SMILES string of the molecule is Cc1ccccc1CNC(=S)c1cccc(OCc2ccc(Cl)cc2)c1. The summed E-state index contributed by atoms with van der Waals surface area (Å²) in [4.78, 5) is 0.713. The summed E-state index contributed by atoms with van der Waals surface area (Å²) in [5, 5.41) is 4.05. The average molecular weight is 382 g/mol. The Morgan fingerprint density at radius 2 is 1.77 bits per heavy atom. The molecule has 0 aromatic heterocycles. The summed E-state index contributed by atoms with van der Waals surface area (Å²) in [5.41, 5.74) is 4.51. The predicted octanol–water partition coefficient (Wildman–Crippen LogP) is 5.69. The van der Waals surface area contributed by atoms with Crippen LogP contribution in [0.25, 0.3) is 0 Å². The van der Waals surface area contributed by atoms with E-state index >= 15 is 0 Å². The molecule has 0 heterocycles. The molecule has 1 N–H and O–H groups in total. The van der Waals surface area contributed by atoms with Crippen molar-refractivity contribution in [2.24, 2.45) is 0 Å². The molecule has 4 heteroatoms. The second kappa shape index (κ2) is 8.84. The van der Waals surface area contributed by atoms with Crippen molar-refractivity contribution in [1.82, 2.24) is 5.32 Å². The minimum absolute atomic E-state index is 0.490. The Kier molecular flexibility index (Phi) is 6.26. The molecule has 0 spiro atoms. The van der Waals surface area contributed by atoms with Crippen LogP contribution in [0.5, 0.6) is 5.75 Å². The Morgan fingerprint density at radius 3 is 2.54 bits per heavy atom. The molecule has 2 nitrogen and oxygen atoms in total. The van der Waals surface area contributed by atoms with E-state index in [-0.39, 0.29) is 0 Å². The summed E-state index contributed by atoms with van der Waals surface area (Å²) in [5.74, 6) is 0.789. The third kappa shape index (κ3) is 5.07. The van der Waals surface area contributed by atoms with Crippen LogP contribution >= 0.6 is 23.8 Å². The van der Waals surface area contributed by atoms with Crippen LogP contribution in [-0.4, -0.2) is 4.99 Å². The van der Waals surface area contributed by atoms with Gasteiger partial charge in [-0.15, -0.1) is 0 Å². The fraction of sp³-hybridized carbons (Fsp3) is 0.136. The molecule has 3 aromatic carbocycles. The third-order valence-corrected chi connectivity index (χ3v) is 4.75. The molecule has 0 bridgehead atoms. The number of nitrogens with one attached hydrogen (secondary N) is 1. The fourth-order valence-corrected chi connectivity index (χ4v) is 2.89. The molecule has 0 aliphatic heterocycles. The van der Waals surface area contributed by atoms with E-state index in [4.69, 9.17) is 28.6 Å². The van der Waals surface area contributed by atoms with Crippen molar-refractivity contribution in [3.8, 4) is 5.75 Å². The van der Waals surface area contributed by atoms with Crippen LogP contribution in [0.2, 0.25) is 5.02 Å². The van der Waals surface area contributed by atoms with Gasteiger partial charge in [0, 0.05) is 17.1 Å². The van der Waals surface area contributed by atoms with Crippen LogP contribution in [0.1, 0.15) is 22.3 Å². The first-order valence-corrected chi connectivity index (χ1v) is 9.20. The second-order valence-electron chi connectivity index (χ2n) is 6.05. The average Bonchev–Trinajstić information content (AvgIpc) is 2.67. The first kappa shape index (κ1) is 18.4. The maximum Gasteiger partial charge on any atom is 0.120 e. The summed E-state index contributed by atoms with van der Waals surface area (Å²) >= 11 is 11.4. The number of halogens is 1. The zero-order valence-corrected chi connectivity index (χ0v) is 16.1. The molecule has 26 heavy (non-hydrogen) atoms. The van der Waals surface area contributed by atoms with Crippen LogP contribution < -0.4 is 10.1 Å². The van der Waals surface area contributed by atoms with Crippen molar-refractivity contribution < 1.29 is 4.74 Å². The minimum Gasteiger partial charge on any atom is -0.489 e. The highest BCUT2D eigenvalue weighted by Crippen LogP contribution is 2.17. The van der Waals surface area contributed by atoms with Crippen LogP contribution in [0.3, 0.4) is 0 Å². The highest BCUT2D eigenvalue weighted by Gasteiger charge is 2.05. The predicted molar refractivity (Wildman–Crippen MR) is 112 cm³/mol. The third-order valence-electron chi connectivity index (χ3n) is 4.12. The van der Waals surface area contributed by atoms with E-state index in [2.05, 4.69) is 24.4 Å². The summed E-state index contributed by atoms with van der Waals surface area (Å²) in [6.07, 6.45) is 0. The van der Waals surface area contributed by atoms with Gasteiger partial charge in [0.15, 0.2) is 0 Å². The van der Waals surface area contributed by atoms with Crippen molar-refractivity contribution in [2.75, 3.05) is 0 Å². The number of hydrogen-bond acceptors (Lipinski definition) is 2. The van der Waals surface area contributed by atoms with Gasteiger partial charge in [-0.3, -0.25) is 0 Å². The van der Waals surface area contributed by atoms with E-state index in [1.807, 2.05) is 60.7 Å². The largest absolute Gasteiger partial charge is 0.489 e. The molecule has 0 unspecified atom stereocenters. The summed E-state index contributed by atoms with van der Waals surface area (Å²) in [6.45, 7) is 3.30. The van der Waals surface area contributed by atoms with Gasteiger partial charge in [0.1, 0.15) is 17.3 Å². The van der Waals surface area contributed by atoms with Crippen LogP contribution in [0, 0.1) is 6.92 Å². The lowest BCUT2D eigenvalue weighted by atomic mass is 10.1. The maximum atomic E-state index is 5.91. The van der Waals surface area contributed by atoms with E-state index in [0.29, 0.717) is 18.1 Å². The molecule has 132 valence electrons. The van der Waals surface area contributed by atoms with Crippen molar-refractivity contribution in [3.63, 3.8) is 0 Å². The van der Waals surface area contributed by atoms with E-state index in [0.717, 1.165) is 21.9 Å². The molecule has 0 fully saturated rings. The number of hydrogen-bond donors (Lipinski definition) is 1. The molecule has 3 aromatic rings. The summed E-state index contributed by atoms with van der Waals surface area (Å²) in [7, 11) is 0. The molecule has 3 rings (SSSR count). The van der Waals surface area contributed by atoms with Crippen molar-refractivity contribution in [2.45, 2.75) is 20.1 Å². The number of ether oxygens (including phenoxy) is 1. The van der Waals surface area contributed by atoms with E-state index in [1.165, 1.54) is 11.1 Å². The molecule has 0 radical (unpaired) electrons. The topological polar surface area (TPSA) is 21.3 Å². The molecule has 0 saturated heterocycles. The van der Waals surface area contributed by atoms with Crippen molar-refractivity contribution >= 4 is 28.8 Å². The zero-order valence-electron chi connectivity index (χ0n) is 14.5. The number of benzene rings is 3. The second-order valence-corrected chi connectivity index (χ2v) is 6.90. The van der Waals surface area contributed by atoms with Crippen LogP contribution in [-0.2, 0) is 13.2 Å². The van der Waals surface area contributed by atoms with Crippen molar-refractivity contribution in [1.29, 1.82) is 0 Å². The molecular formula is C22H20ClNOS. The Bertz CT molecular complexity index is 893. The Morgan fingerprint density at radius 1 is 1.00 bits per heavy atom. The van der Waals surface area contributed by atoms with Gasteiger partial charge < -0.3 is 10.1 Å². The fourth-order valence-electron chi connectivity index (χ4n) is 2.56. The smallest absolute Gasteiger partial charge is 0.120 e. The normalized spacial score (nSPS) is 10.4. The molecule has 0 atom stereocenters. The molecule has 0 aliphatic rings. The van der Waals surface area contributed by atoms with Gasteiger partial charge in [-0.05, 0) is 47.9 Å². The lowest BCUT2D eigenvalue weighted by Gasteiger charge is -2.12. The van der Waals surface area contributed by atoms with Gasteiger partial charge in [0.2, 0.25) is 0 Å². The maximum absolute atomic E-state index is 5.91. The Labute approximate surface area is 164 Å². The summed E-state index contributed by atoms with van der Waals surface area (Å²) < 4.78 is 5.87. The van der Waals surface area contributed by atoms with Gasteiger partial charge in [-0.2, -0.15) is 0 Å². The molecular weight excluding hydrogens is 362 g/mol. The van der Waals surface area contributed by atoms with Gasteiger partial charge in [-0.1, -0.05) is 72.3 Å². The first-order valence-electron chi connectivity index (χ1n) is 8.42. The van der Waals surface area contributed by atoms with E-state index < -0.39 is 0 Å². The molecule has 0 aliphatic carbocycles. The van der Waals surface area contributed by atoms with Crippen LogP contribution in [0.15, 0.2) is 72.8 Å². The highest BCUT2D eigenvalue weighted by atomic mass is 35.5. The minimum atomic E-state index is 0.490.